The Morgan fingerprint density at radius 2 is 2.07 bits per heavy atom. The Morgan fingerprint density at radius 1 is 1.40 bits per heavy atom. The van der Waals surface area contributed by atoms with Gasteiger partial charge in [-0.1, -0.05) is 18.2 Å². The minimum atomic E-state index is -0.687. The zero-order valence-electron chi connectivity index (χ0n) is 8.04. The maximum absolute atomic E-state index is 11.2. The van der Waals surface area contributed by atoms with Crippen LogP contribution in [0, 0.1) is 0 Å². The van der Waals surface area contributed by atoms with Crippen LogP contribution in [0.25, 0.3) is 0 Å². The lowest BCUT2D eigenvalue weighted by atomic mass is 10.3. The fourth-order valence-corrected chi connectivity index (χ4v) is 1.03. The van der Waals surface area contributed by atoms with E-state index in [9.17, 15) is 9.36 Å². The van der Waals surface area contributed by atoms with Gasteiger partial charge in [0, 0.05) is 0 Å². The van der Waals surface area contributed by atoms with Crippen molar-refractivity contribution in [1.29, 1.82) is 0 Å². The van der Waals surface area contributed by atoms with Gasteiger partial charge in [-0.2, -0.15) is 0 Å². The third-order valence-corrected chi connectivity index (χ3v) is 2.06. The van der Waals surface area contributed by atoms with Crippen molar-refractivity contribution >= 4 is 14.6 Å². The molecule has 0 radical (unpaired) electrons. The van der Waals surface area contributed by atoms with E-state index >= 15 is 0 Å². The number of hydrogen-bond donors (Lipinski definition) is 1. The van der Waals surface area contributed by atoms with Crippen molar-refractivity contribution in [1.82, 2.24) is 5.09 Å². The zero-order valence-corrected chi connectivity index (χ0v) is 8.94. The summed E-state index contributed by atoms with van der Waals surface area (Å²) in [5, 5.41) is 2.34. The number of benzene rings is 1. The molecule has 80 valence electrons. The molecule has 1 aromatic carbocycles. The lowest BCUT2D eigenvalue weighted by Gasteiger charge is -2.07. The summed E-state index contributed by atoms with van der Waals surface area (Å²) in [5.74, 6) is -0.208. The molecule has 0 fully saturated rings. The Hall–Kier alpha value is -1.45. The van der Waals surface area contributed by atoms with Crippen LogP contribution >= 0.6 is 8.61 Å². The Bertz CT molecular complexity index is 330. The normalized spacial score (nSPS) is 12.1. The van der Waals surface area contributed by atoms with Crippen molar-refractivity contribution in [2.24, 2.45) is 0 Å². The molecular weight excluding hydrogens is 217 g/mol. The second-order valence-electron chi connectivity index (χ2n) is 2.74. The van der Waals surface area contributed by atoms with Crippen LogP contribution in [0.1, 0.15) is 6.92 Å². The van der Waals surface area contributed by atoms with Gasteiger partial charge in [0.1, 0.15) is 6.04 Å². The van der Waals surface area contributed by atoms with E-state index in [2.05, 4.69) is 9.97 Å². The van der Waals surface area contributed by atoms with Crippen LogP contribution in [0.5, 0.6) is 5.75 Å². The smallest absolute Gasteiger partial charge is 0.287 e. The van der Waals surface area contributed by atoms with Gasteiger partial charge in [0.15, 0.2) is 5.75 Å². The third kappa shape index (κ3) is 4.06. The van der Waals surface area contributed by atoms with E-state index in [1.54, 1.807) is 24.3 Å². The van der Waals surface area contributed by atoms with Crippen LogP contribution in [0.2, 0.25) is 0 Å². The second-order valence-corrected chi connectivity index (χ2v) is 3.18. The molecular formula is C9H10NO4P. The molecule has 1 aromatic rings. The summed E-state index contributed by atoms with van der Waals surface area (Å²) in [4.78, 5) is 20.4. The van der Waals surface area contributed by atoms with Gasteiger partial charge < -0.3 is 0 Å². The zero-order chi connectivity index (χ0) is 11.1. The summed E-state index contributed by atoms with van der Waals surface area (Å²) in [6, 6.07) is 7.93. The number of carbonyl (C=O) groups excluding carboxylic acids is 1. The Labute approximate surface area is 88.6 Å². The van der Waals surface area contributed by atoms with Crippen LogP contribution in [0.3, 0.4) is 0 Å². The average Bonchev–Trinajstić information content (AvgIpc) is 2.27. The molecule has 0 saturated carbocycles. The first-order chi connectivity index (χ1) is 7.24. The molecule has 15 heavy (non-hydrogen) atoms. The molecule has 0 heterocycles. The van der Waals surface area contributed by atoms with E-state index < -0.39 is 12.0 Å². The summed E-state index contributed by atoms with van der Waals surface area (Å²) < 4.78 is 10.1. The molecule has 1 rings (SSSR count). The first kappa shape index (κ1) is 11.6. The van der Waals surface area contributed by atoms with Crippen molar-refractivity contribution in [2.75, 3.05) is 0 Å². The van der Waals surface area contributed by atoms with Gasteiger partial charge >= 0.3 is 5.97 Å². The molecule has 0 aromatic heterocycles. The van der Waals surface area contributed by atoms with Crippen molar-refractivity contribution in [2.45, 2.75) is 13.0 Å². The van der Waals surface area contributed by atoms with Gasteiger partial charge in [-0.3, -0.25) is 9.45 Å². The van der Waals surface area contributed by atoms with Gasteiger partial charge in [0.2, 0.25) is 8.61 Å². The standard InChI is InChI=1S/C9H10NO4P/c1-7(10-15-12)9(11)14-13-8-5-3-2-4-6-8/h2-7H,1H3,(H,10,12). The summed E-state index contributed by atoms with van der Waals surface area (Å²) >= 11 is 0. The lowest BCUT2D eigenvalue weighted by molar-refractivity contribution is -0.215. The molecule has 0 bridgehead atoms. The topological polar surface area (TPSA) is 64.6 Å². The lowest BCUT2D eigenvalue weighted by Crippen LogP contribution is -2.30. The molecule has 0 spiro atoms. The highest BCUT2D eigenvalue weighted by Crippen LogP contribution is 2.09. The van der Waals surface area contributed by atoms with E-state index in [4.69, 9.17) is 4.89 Å². The van der Waals surface area contributed by atoms with Gasteiger partial charge in [-0.25, -0.2) is 14.8 Å². The highest BCUT2D eigenvalue weighted by molar-refractivity contribution is 7.21. The van der Waals surface area contributed by atoms with Crippen molar-refractivity contribution in [3.8, 4) is 5.75 Å². The Kier molecular flexibility index (Phi) is 4.74. The fraction of sp³-hybridized carbons (Fsp3) is 0.222. The number of para-hydroxylation sites is 1. The number of carbonyl (C=O) groups is 1. The summed E-state index contributed by atoms with van der Waals surface area (Å²) in [6.07, 6.45) is 0. The van der Waals surface area contributed by atoms with Crippen molar-refractivity contribution in [3.05, 3.63) is 30.3 Å². The maximum Gasteiger partial charge on any atom is 0.372 e. The molecule has 0 aliphatic rings. The SMILES string of the molecule is CC(NP=O)C(=O)OOc1ccccc1. The molecule has 0 saturated heterocycles. The summed E-state index contributed by atoms with van der Waals surface area (Å²) in [7, 11) is -0.326. The van der Waals surface area contributed by atoms with Gasteiger partial charge in [-0.05, 0) is 19.1 Å². The highest BCUT2D eigenvalue weighted by Gasteiger charge is 2.15. The summed E-state index contributed by atoms with van der Waals surface area (Å²) in [5.41, 5.74) is 0. The Balaban J connectivity index is 2.37. The first-order valence-corrected chi connectivity index (χ1v) is 5.06. The Morgan fingerprint density at radius 3 is 2.67 bits per heavy atom. The van der Waals surface area contributed by atoms with Crippen LogP contribution in [0.15, 0.2) is 30.3 Å². The molecule has 0 aliphatic heterocycles. The molecule has 1 unspecified atom stereocenters. The predicted molar refractivity (Wildman–Crippen MR) is 53.4 cm³/mol. The monoisotopic (exact) mass is 227 g/mol. The molecule has 5 nitrogen and oxygen atoms in total. The van der Waals surface area contributed by atoms with E-state index in [1.807, 2.05) is 6.07 Å². The predicted octanol–water partition coefficient (Wildman–Crippen LogP) is 1.71. The summed E-state index contributed by atoms with van der Waals surface area (Å²) in [6.45, 7) is 1.52. The molecule has 0 aliphatic carbocycles. The number of nitrogens with one attached hydrogen (secondary N) is 1. The van der Waals surface area contributed by atoms with Crippen LogP contribution < -0.4 is 9.97 Å². The largest absolute Gasteiger partial charge is 0.372 e. The van der Waals surface area contributed by atoms with Crippen LogP contribution in [0.4, 0.5) is 0 Å². The first-order valence-electron chi connectivity index (χ1n) is 4.25. The van der Waals surface area contributed by atoms with Crippen LogP contribution in [-0.2, 0) is 14.2 Å². The van der Waals surface area contributed by atoms with E-state index in [-0.39, 0.29) is 8.61 Å². The molecule has 0 amide bonds. The van der Waals surface area contributed by atoms with Crippen molar-refractivity contribution < 1.29 is 19.1 Å². The average molecular weight is 227 g/mol. The van der Waals surface area contributed by atoms with Gasteiger partial charge in [0.25, 0.3) is 0 Å². The molecule has 1 N–H and O–H groups in total. The minimum absolute atomic E-state index is 0.326. The third-order valence-electron chi connectivity index (χ3n) is 1.56. The quantitative estimate of drug-likeness (QED) is 0.471. The highest BCUT2D eigenvalue weighted by atomic mass is 31.1. The molecule has 6 heteroatoms. The van der Waals surface area contributed by atoms with Crippen molar-refractivity contribution in [3.63, 3.8) is 0 Å². The van der Waals surface area contributed by atoms with E-state index in [1.165, 1.54) is 6.92 Å². The van der Waals surface area contributed by atoms with Crippen LogP contribution in [-0.4, -0.2) is 12.0 Å². The maximum atomic E-state index is 11.2. The number of hydrogen-bond acceptors (Lipinski definition) is 4. The van der Waals surface area contributed by atoms with E-state index in [0.29, 0.717) is 5.75 Å². The fourth-order valence-electron chi connectivity index (χ4n) is 0.769. The van der Waals surface area contributed by atoms with Gasteiger partial charge in [0.05, 0.1) is 0 Å². The van der Waals surface area contributed by atoms with Gasteiger partial charge in [-0.15, -0.1) is 0 Å². The van der Waals surface area contributed by atoms with E-state index in [0.717, 1.165) is 0 Å². The molecule has 1 atom stereocenters. The second kappa shape index (κ2) is 6.11. The minimum Gasteiger partial charge on any atom is -0.287 e. The number of rotatable bonds is 5.